The third-order valence-corrected chi connectivity index (χ3v) is 5.95. The number of ether oxygens (including phenoxy) is 3. The summed E-state index contributed by atoms with van der Waals surface area (Å²) in [6.45, 7) is 3.34. The van der Waals surface area contributed by atoms with Crippen LogP contribution < -0.4 is 19.9 Å². The Morgan fingerprint density at radius 1 is 1.12 bits per heavy atom. The van der Waals surface area contributed by atoms with E-state index in [4.69, 9.17) is 48.4 Å². The van der Waals surface area contributed by atoms with Crippen LogP contribution in [0.5, 0.6) is 17.2 Å². The summed E-state index contributed by atoms with van der Waals surface area (Å²) in [5.41, 5.74) is 9.52. The van der Waals surface area contributed by atoms with Gasteiger partial charge in [0.25, 0.3) is 5.91 Å². The highest BCUT2D eigenvalue weighted by Gasteiger charge is 2.16. The van der Waals surface area contributed by atoms with Crippen LogP contribution >= 0.6 is 23.2 Å². The summed E-state index contributed by atoms with van der Waals surface area (Å²) in [5.74, 6) is 0.950. The standard InChI is InChI=1S/C26H20Cl2N2O4/c1-15-18(3-2-4-20(15)17-5-6-23-24(12-17)33-8-7-32-23)14-34-25-21(27)10-16(11-22(25)28)9-19(13-29)26(30)31/h2-6,9-12H,7-8,14H2,1H3,(H2,30,31)/b19-9+. The van der Waals surface area contributed by atoms with Crippen molar-refractivity contribution in [1.29, 1.82) is 5.26 Å². The number of hydrogen-bond acceptors (Lipinski definition) is 5. The van der Waals surface area contributed by atoms with E-state index in [0.29, 0.717) is 24.5 Å². The van der Waals surface area contributed by atoms with Gasteiger partial charge in [-0.25, -0.2) is 0 Å². The zero-order valence-corrected chi connectivity index (χ0v) is 19.7. The Kier molecular flexibility index (Phi) is 6.97. The minimum absolute atomic E-state index is 0.201. The van der Waals surface area contributed by atoms with Crippen LogP contribution in [0.4, 0.5) is 0 Å². The first kappa shape index (κ1) is 23.5. The summed E-state index contributed by atoms with van der Waals surface area (Å²) in [7, 11) is 0. The van der Waals surface area contributed by atoms with Crippen LogP contribution in [0.1, 0.15) is 16.7 Å². The van der Waals surface area contributed by atoms with Gasteiger partial charge in [0.2, 0.25) is 0 Å². The Morgan fingerprint density at radius 2 is 1.82 bits per heavy atom. The lowest BCUT2D eigenvalue weighted by atomic mass is 9.96. The molecule has 0 bridgehead atoms. The molecule has 34 heavy (non-hydrogen) atoms. The van der Waals surface area contributed by atoms with Crippen LogP contribution in [0, 0.1) is 18.3 Å². The molecule has 0 saturated heterocycles. The van der Waals surface area contributed by atoms with Crippen molar-refractivity contribution in [2.24, 2.45) is 5.73 Å². The average Bonchev–Trinajstić information content (AvgIpc) is 2.82. The summed E-state index contributed by atoms with van der Waals surface area (Å²) >= 11 is 12.8. The highest BCUT2D eigenvalue weighted by atomic mass is 35.5. The molecular weight excluding hydrogens is 475 g/mol. The lowest BCUT2D eigenvalue weighted by Gasteiger charge is -2.20. The third kappa shape index (κ3) is 4.96. The highest BCUT2D eigenvalue weighted by Crippen LogP contribution is 2.38. The number of halogens is 2. The highest BCUT2D eigenvalue weighted by molar-refractivity contribution is 6.37. The number of nitrogens with zero attached hydrogens (tertiary/aromatic N) is 1. The molecule has 8 heteroatoms. The predicted molar refractivity (Wildman–Crippen MR) is 131 cm³/mol. The van der Waals surface area contributed by atoms with E-state index < -0.39 is 5.91 Å². The van der Waals surface area contributed by atoms with Crippen molar-refractivity contribution in [3.63, 3.8) is 0 Å². The van der Waals surface area contributed by atoms with Crippen LogP contribution in [-0.2, 0) is 11.4 Å². The maximum atomic E-state index is 11.3. The van der Waals surface area contributed by atoms with Crippen molar-refractivity contribution in [2.45, 2.75) is 13.5 Å². The number of rotatable bonds is 6. The second-order valence-corrected chi connectivity index (χ2v) is 8.40. The van der Waals surface area contributed by atoms with Gasteiger partial charge < -0.3 is 19.9 Å². The van der Waals surface area contributed by atoms with E-state index in [-0.39, 0.29) is 22.2 Å². The van der Waals surface area contributed by atoms with Gasteiger partial charge in [-0.3, -0.25) is 4.79 Å². The number of amides is 1. The lowest BCUT2D eigenvalue weighted by molar-refractivity contribution is -0.114. The second kappa shape index (κ2) is 10.1. The molecule has 2 N–H and O–H groups in total. The molecule has 1 aliphatic rings. The number of benzene rings is 3. The smallest absolute Gasteiger partial charge is 0.259 e. The summed E-state index contributed by atoms with van der Waals surface area (Å²) in [4.78, 5) is 11.3. The van der Waals surface area contributed by atoms with Gasteiger partial charge in [-0.1, -0.05) is 47.5 Å². The molecule has 1 amide bonds. The zero-order valence-electron chi connectivity index (χ0n) is 18.2. The van der Waals surface area contributed by atoms with Crippen LogP contribution in [-0.4, -0.2) is 19.1 Å². The molecular formula is C26H20Cl2N2O4. The molecule has 6 nitrogen and oxygen atoms in total. The van der Waals surface area contributed by atoms with Gasteiger partial charge in [0.1, 0.15) is 31.5 Å². The van der Waals surface area contributed by atoms with Gasteiger partial charge >= 0.3 is 0 Å². The topological polar surface area (TPSA) is 94.6 Å². The van der Waals surface area contributed by atoms with E-state index in [1.54, 1.807) is 18.2 Å². The molecule has 3 aromatic rings. The van der Waals surface area contributed by atoms with Crippen molar-refractivity contribution in [2.75, 3.05) is 13.2 Å². The summed E-state index contributed by atoms with van der Waals surface area (Å²) < 4.78 is 17.3. The first-order valence-electron chi connectivity index (χ1n) is 10.4. The number of nitriles is 1. The Bertz CT molecular complexity index is 1320. The molecule has 0 aliphatic carbocycles. The number of hydrogen-bond donors (Lipinski definition) is 1. The predicted octanol–water partition coefficient (Wildman–Crippen LogP) is 5.71. The van der Waals surface area contributed by atoms with Crippen LogP contribution in [0.25, 0.3) is 17.2 Å². The summed E-state index contributed by atoms with van der Waals surface area (Å²) in [5, 5.41) is 9.53. The first-order chi connectivity index (χ1) is 16.4. The molecule has 0 saturated carbocycles. The Labute approximate surface area is 207 Å². The Morgan fingerprint density at radius 3 is 2.50 bits per heavy atom. The number of carbonyl (C=O) groups excluding carboxylic acids is 1. The van der Waals surface area contributed by atoms with E-state index in [1.807, 2.05) is 43.3 Å². The summed E-state index contributed by atoms with van der Waals surface area (Å²) in [6.07, 6.45) is 1.32. The van der Waals surface area contributed by atoms with Crippen LogP contribution in [0.2, 0.25) is 10.0 Å². The van der Waals surface area contributed by atoms with Gasteiger partial charge in [0.15, 0.2) is 17.2 Å². The van der Waals surface area contributed by atoms with Crippen molar-refractivity contribution in [1.82, 2.24) is 0 Å². The van der Waals surface area contributed by atoms with Gasteiger partial charge in [-0.15, -0.1) is 0 Å². The Balaban J connectivity index is 1.57. The fourth-order valence-electron chi connectivity index (χ4n) is 3.64. The van der Waals surface area contributed by atoms with Gasteiger partial charge in [-0.2, -0.15) is 5.26 Å². The number of carbonyl (C=O) groups is 1. The van der Waals surface area contributed by atoms with Crippen LogP contribution in [0.3, 0.4) is 0 Å². The number of fused-ring (bicyclic) bond motifs is 1. The fraction of sp³-hybridized carbons (Fsp3) is 0.154. The molecule has 0 unspecified atom stereocenters. The van der Waals surface area contributed by atoms with E-state index in [2.05, 4.69) is 0 Å². The maximum Gasteiger partial charge on any atom is 0.259 e. The fourth-order valence-corrected chi connectivity index (χ4v) is 4.25. The largest absolute Gasteiger partial charge is 0.486 e. The summed E-state index contributed by atoms with van der Waals surface area (Å²) in [6, 6.07) is 16.7. The normalized spacial score (nSPS) is 12.7. The van der Waals surface area contributed by atoms with E-state index in [0.717, 1.165) is 33.8 Å². The van der Waals surface area contributed by atoms with E-state index >= 15 is 0 Å². The molecule has 1 heterocycles. The first-order valence-corrected chi connectivity index (χ1v) is 11.1. The molecule has 4 rings (SSSR count). The maximum absolute atomic E-state index is 11.3. The molecule has 3 aromatic carbocycles. The third-order valence-electron chi connectivity index (χ3n) is 5.39. The van der Waals surface area contributed by atoms with Crippen LogP contribution in [0.15, 0.2) is 54.1 Å². The van der Waals surface area contributed by atoms with Crippen molar-refractivity contribution in [3.05, 3.63) is 80.8 Å². The molecule has 1 aliphatic heterocycles. The van der Waals surface area contributed by atoms with E-state index in [1.165, 1.54) is 6.08 Å². The van der Waals surface area contributed by atoms with Crippen molar-refractivity contribution >= 4 is 35.2 Å². The number of primary amides is 1. The zero-order chi connectivity index (χ0) is 24.2. The average molecular weight is 495 g/mol. The second-order valence-electron chi connectivity index (χ2n) is 7.58. The lowest BCUT2D eigenvalue weighted by Crippen LogP contribution is -2.15. The molecule has 0 aromatic heterocycles. The Hall–Kier alpha value is -3.66. The minimum Gasteiger partial charge on any atom is -0.486 e. The quantitative estimate of drug-likeness (QED) is 0.349. The van der Waals surface area contributed by atoms with Gasteiger partial charge in [0.05, 0.1) is 10.0 Å². The molecule has 172 valence electrons. The van der Waals surface area contributed by atoms with E-state index in [9.17, 15) is 4.79 Å². The molecule has 0 fully saturated rings. The number of nitrogens with two attached hydrogens (primary N) is 1. The monoisotopic (exact) mass is 494 g/mol. The van der Waals surface area contributed by atoms with Crippen molar-refractivity contribution < 1.29 is 19.0 Å². The molecule has 0 radical (unpaired) electrons. The molecule has 0 atom stereocenters. The minimum atomic E-state index is -0.830. The van der Waals surface area contributed by atoms with Gasteiger partial charge in [0, 0.05) is 0 Å². The SMILES string of the molecule is Cc1c(COc2c(Cl)cc(/C=C(\C#N)C(N)=O)cc2Cl)cccc1-c1ccc2c(c1)OCCO2. The molecule has 0 spiro atoms. The van der Waals surface area contributed by atoms with Gasteiger partial charge in [-0.05, 0) is 65.1 Å². The van der Waals surface area contributed by atoms with Crippen molar-refractivity contribution in [3.8, 4) is 34.4 Å².